The van der Waals surface area contributed by atoms with Gasteiger partial charge in [0.1, 0.15) is 5.82 Å². The number of benzene rings is 1. The molecule has 0 N–H and O–H groups in total. The number of hydrogen-bond acceptors (Lipinski definition) is 5. The number of nitrogens with zero attached hydrogens (tertiary/aromatic N) is 4. The van der Waals surface area contributed by atoms with Crippen molar-refractivity contribution in [2.75, 3.05) is 47.7 Å². The normalized spacial score (nSPS) is 18.7. The number of aromatic nitrogens is 1. The number of aryl methyl sites for hydroxylation is 2. The molecule has 2 fully saturated rings. The van der Waals surface area contributed by atoms with E-state index in [1.165, 1.54) is 15.4 Å². The van der Waals surface area contributed by atoms with Gasteiger partial charge in [-0.15, -0.1) is 0 Å². The summed E-state index contributed by atoms with van der Waals surface area (Å²) in [5.74, 6) is 1.17. The van der Waals surface area contributed by atoms with Crippen LogP contribution in [0.4, 0.5) is 11.5 Å². The van der Waals surface area contributed by atoms with E-state index in [1.807, 2.05) is 11.1 Å². The van der Waals surface area contributed by atoms with Crippen molar-refractivity contribution in [3.63, 3.8) is 0 Å². The summed E-state index contributed by atoms with van der Waals surface area (Å²) in [4.78, 5) is 21.6. The molecule has 3 heterocycles. The maximum absolute atomic E-state index is 12.9. The highest BCUT2D eigenvalue weighted by Crippen LogP contribution is 2.25. The van der Waals surface area contributed by atoms with E-state index in [0.717, 1.165) is 25.3 Å². The van der Waals surface area contributed by atoms with Crippen molar-refractivity contribution >= 4 is 27.4 Å². The van der Waals surface area contributed by atoms with Gasteiger partial charge >= 0.3 is 0 Å². The van der Waals surface area contributed by atoms with Crippen molar-refractivity contribution in [2.24, 2.45) is 0 Å². The molecular formula is C22H28N4O3S. The fourth-order valence-electron chi connectivity index (χ4n) is 4.15. The average molecular weight is 429 g/mol. The molecule has 2 aliphatic rings. The lowest BCUT2D eigenvalue weighted by Crippen LogP contribution is -2.49. The van der Waals surface area contributed by atoms with Gasteiger partial charge in [0.05, 0.1) is 11.4 Å². The molecule has 0 radical (unpaired) electrons. The fraction of sp³-hybridized carbons (Fsp3) is 0.455. The summed E-state index contributed by atoms with van der Waals surface area (Å²) in [7, 11) is -3.21. The van der Waals surface area contributed by atoms with Crippen LogP contribution in [0, 0.1) is 6.92 Å². The van der Waals surface area contributed by atoms with Gasteiger partial charge in [0.2, 0.25) is 10.0 Å². The molecule has 7 nitrogen and oxygen atoms in total. The maximum atomic E-state index is 12.9. The summed E-state index contributed by atoms with van der Waals surface area (Å²) in [6, 6.07) is 9.10. The number of carbonyl (C=O) groups excluding carboxylic acids is 1. The van der Waals surface area contributed by atoms with Gasteiger partial charge in [0.25, 0.3) is 5.91 Å². The molecule has 2 saturated heterocycles. The number of sulfonamides is 1. The summed E-state index contributed by atoms with van der Waals surface area (Å²) in [6.45, 7) is 7.47. The van der Waals surface area contributed by atoms with Crippen LogP contribution in [0.25, 0.3) is 0 Å². The van der Waals surface area contributed by atoms with Crippen LogP contribution in [0.2, 0.25) is 0 Å². The van der Waals surface area contributed by atoms with Gasteiger partial charge in [-0.1, -0.05) is 13.0 Å². The van der Waals surface area contributed by atoms with Gasteiger partial charge in [0, 0.05) is 44.5 Å². The molecule has 0 atom stereocenters. The lowest BCUT2D eigenvalue weighted by Gasteiger charge is -2.36. The van der Waals surface area contributed by atoms with Crippen LogP contribution in [-0.2, 0) is 16.4 Å². The molecule has 0 bridgehead atoms. The smallest absolute Gasteiger partial charge is 0.253 e. The first-order valence-electron chi connectivity index (χ1n) is 10.5. The standard InChI is InChI=1S/C22H28N4O3S/c1-3-18-15-17(2)21(23-16-18)24-10-12-25(13-11-24)22(27)19-5-7-20(8-6-19)26-9-4-14-30(26,28)29/h5-8,15-16H,3-4,9-14H2,1-2H3. The number of anilines is 2. The molecule has 0 spiro atoms. The monoisotopic (exact) mass is 428 g/mol. The summed E-state index contributed by atoms with van der Waals surface area (Å²) >= 11 is 0. The van der Waals surface area contributed by atoms with Crippen molar-refractivity contribution in [1.29, 1.82) is 0 Å². The molecule has 2 aliphatic heterocycles. The summed E-state index contributed by atoms with van der Waals surface area (Å²) in [5, 5.41) is 0. The molecule has 1 aromatic carbocycles. The summed E-state index contributed by atoms with van der Waals surface area (Å²) < 4.78 is 25.6. The first-order chi connectivity index (χ1) is 14.4. The second kappa shape index (κ2) is 8.26. The Bertz CT molecular complexity index is 1030. The van der Waals surface area contributed by atoms with Gasteiger partial charge in [-0.25, -0.2) is 13.4 Å². The van der Waals surface area contributed by atoms with Crippen LogP contribution < -0.4 is 9.21 Å². The molecule has 4 rings (SSSR count). The molecule has 0 aliphatic carbocycles. The highest BCUT2D eigenvalue weighted by molar-refractivity contribution is 7.93. The van der Waals surface area contributed by atoms with Crippen molar-refractivity contribution < 1.29 is 13.2 Å². The second-order valence-corrected chi connectivity index (χ2v) is 9.92. The Kier molecular flexibility index (Phi) is 5.69. The SMILES string of the molecule is CCc1cnc(N2CCN(C(=O)c3ccc(N4CCCS4(=O)=O)cc3)CC2)c(C)c1. The zero-order valence-electron chi connectivity index (χ0n) is 17.5. The Morgan fingerprint density at radius 1 is 1.07 bits per heavy atom. The van der Waals surface area contributed by atoms with Gasteiger partial charge in [-0.3, -0.25) is 9.10 Å². The van der Waals surface area contributed by atoms with Crippen LogP contribution in [0.15, 0.2) is 36.5 Å². The van der Waals surface area contributed by atoms with Crippen molar-refractivity contribution in [3.05, 3.63) is 53.2 Å². The minimum atomic E-state index is -3.21. The first-order valence-corrected chi connectivity index (χ1v) is 12.1. The van der Waals surface area contributed by atoms with Crippen LogP contribution in [-0.4, -0.2) is 62.7 Å². The van der Waals surface area contributed by atoms with E-state index in [9.17, 15) is 13.2 Å². The zero-order chi connectivity index (χ0) is 21.3. The zero-order valence-corrected chi connectivity index (χ0v) is 18.4. The van der Waals surface area contributed by atoms with Crippen molar-refractivity contribution in [1.82, 2.24) is 9.88 Å². The minimum absolute atomic E-state index is 0.0171. The van der Waals surface area contributed by atoms with E-state index in [4.69, 9.17) is 0 Å². The number of hydrogen-bond donors (Lipinski definition) is 0. The van der Waals surface area contributed by atoms with Crippen molar-refractivity contribution in [3.8, 4) is 0 Å². The first kappa shape index (κ1) is 20.7. The Balaban J connectivity index is 1.40. The predicted molar refractivity (Wildman–Crippen MR) is 119 cm³/mol. The largest absolute Gasteiger partial charge is 0.353 e. The lowest BCUT2D eigenvalue weighted by molar-refractivity contribution is 0.0746. The van der Waals surface area contributed by atoms with Crippen LogP contribution in [0.1, 0.15) is 34.8 Å². The van der Waals surface area contributed by atoms with Gasteiger partial charge in [-0.05, 0) is 55.2 Å². The molecule has 0 saturated carbocycles. The third-order valence-corrected chi connectivity index (χ3v) is 7.75. The van der Waals surface area contributed by atoms with E-state index < -0.39 is 10.0 Å². The minimum Gasteiger partial charge on any atom is -0.353 e. The number of carbonyl (C=O) groups is 1. The number of amides is 1. The Morgan fingerprint density at radius 3 is 2.33 bits per heavy atom. The van der Waals surface area contributed by atoms with E-state index in [2.05, 4.69) is 29.8 Å². The molecule has 1 aromatic heterocycles. The Hall–Kier alpha value is -2.61. The van der Waals surface area contributed by atoms with E-state index in [1.54, 1.807) is 24.3 Å². The highest BCUT2D eigenvalue weighted by atomic mass is 32.2. The molecular weight excluding hydrogens is 400 g/mol. The maximum Gasteiger partial charge on any atom is 0.253 e. The number of pyridine rings is 1. The quantitative estimate of drug-likeness (QED) is 0.748. The van der Waals surface area contributed by atoms with Crippen LogP contribution in [0.3, 0.4) is 0 Å². The molecule has 8 heteroatoms. The van der Waals surface area contributed by atoms with E-state index in [0.29, 0.717) is 37.3 Å². The fourth-order valence-corrected chi connectivity index (χ4v) is 5.72. The molecule has 1 amide bonds. The summed E-state index contributed by atoms with van der Waals surface area (Å²) in [5.41, 5.74) is 3.62. The van der Waals surface area contributed by atoms with Gasteiger partial charge in [0.15, 0.2) is 0 Å². The lowest BCUT2D eigenvalue weighted by atomic mass is 10.1. The van der Waals surface area contributed by atoms with Gasteiger partial charge < -0.3 is 9.80 Å². The average Bonchev–Trinajstić information content (AvgIpc) is 3.12. The van der Waals surface area contributed by atoms with E-state index >= 15 is 0 Å². The highest BCUT2D eigenvalue weighted by Gasteiger charge is 2.29. The Labute approximate surface area is 178 Å². The third-order valence-electron chi connectivity index (χ3n) is 5.88. The Morgan fingerprint density at radius 2 is 1.77 bits per heavy atom. The van der Waals surface area contributed by atoms with Gasteiger partial charge in [-0.2, -0.15) is 0 Å². The molecule has 0 unspecified atom stereocenters. The van der Waals surface area contributed by atoms with Crippen LogP contribution in [0.5, 0.6) is 0 Å². The topological polar surface area (TPSA) is 73.8 Å². The number of piperazine rings is 1. The summed E-state index contributed by atoms with van der Waals surface area (Å²) in [6.07, 6.45) is 3.55. The second-order valence-electron chi connectivity index (χ2n) is 7.91. The number of rotatable bonds is 4. The molecule has 30 heavy (non-hydrogen) atoms. The third kappa shape index (κ3) is 4.01. The molecule has 160 valence electrons. The molecule has 2 aromatic rings. The predicted octanol–water partition coefficient (Wildman–Crippen LogP) is 2.45. The van der Waals surface area contributed by atoms with Crippen molar-refractivity contribution in [2.45, 2.75) is 26.7 Å². The van der Waals surface area contributed by atoms with Crippen LogP contribution >= 0.6 is 0 Å². The van der Waals surface area contributed by atoms with E-state index in [-0.39, 0.29) is 11.7 Å².